The van der Waals surface area contributed by atoms with E-state index in [4.69, 9.17) is 13.9 Å². The predicted octanol–water partition coefficient (Wildman–Crippen LogP) is 4.43. The number of rotatable bonds is 7. The number of aryl methyl sites for hydroxylation is 1. The van der Waals surface area contributed by atoms with Crippen molar-refractivity contribution < 1.29 is 17.3 Å². The van der Waals surface area contributed by atoms with Crippen molar-refractivity contribution in [2.75, 3.05) is 13.2 Å². The predicted molar refractivity (Wildman–Crippen MR) is 115 cm³/mol. The first-order valence-electron chi connectivity index (χ1n) is 9.79. The van der Waals surface area contributed by atoms with Gasteiger partial charge in [-0.1, -0.05) is 42.0 Å². The number of aliphatic imine (C=N–C) groups is 1. The Labute approximate surface area is 173 Å². The van der Waals surface area contributed by atoms with Crippen molar-refractivity contribution in [3.63, 3.8) is 0 Å². The van der Waals surface area contributed by atoms with E-state index in [2.05, 4.69) is 13.8 Å². The van der Waals surface area contributed by atoms with Crippen LogP contribution in [0.4, 0.5) is 0 Å². The van der Waals surface area contributed by atoms with Gasteiger partial charge in [-0.2, -0.15) is 8.42 Å². The highest BCUT2D eigenvalue weighted by molar-refractivity contribution is 7.86. The molecule has 0 saturated heterocycles. The van der Waals surface area contributed by atoms with Gasteiger partial charge in [-0.3, -0.25) is 4.18 Å². The molecule has 1 heterocycles. The molecule has 0 aromatic heterocycles. The topological polar surface area (TPSA) is 65.0 Å². The van der Waals surface area contributed by atoms with Gasteiger partial charge in [0.15, 0.2) is 5.90 Å². The van der Waals surface area contributed by atoms with Crippen molar-refractivity contribution in [2.24, 2.45) is 4.99 Å². The van der Waals surface area contributed by atoms with E-state index >= 15 is 0 Å². The second kappa shape index (κ2) is 7.92. The van der Waals surface area contributed by atoms with E-state index < -0.39 is 15.5 Å². The van der Waals surface area contributed by atoms with Gasteiger partial charge in [-0.15, -0.1) is 0 Å². The van der Waals surface area contributed by atoms with Crippen LogP contribution in [0.5, 0.6) is 0 Å². The molecule has 5 nitrogen and oxygen atoms in total. The monoisotopic (exact) mass is 415 g/mol. The Morgan fingerprint density at radius 2 is 1.76 bits per heavy atom. The van der Waals surface area contributed by atoms with Gasteiger partial charge in [0, 0.05) is 0 Å². The second-order valence-electron chi connectivity index (χ2n) is 8.64. The van der Waals surface area contributed by atoms with Gasteiger partial charge in [0.05, 0.1) is 22.5 Å². The summed E-state index contributed by atoms with van der Waals surface area (Å²) in [6.45, 7) is 10.8. The molecule has 0 saturated carbocycles. The molecule has 2 aromatic carbocycles. The van der Waals surface area contributed by atoms with E-state index in [9.17, 15) is 8.42 Å². The number of ether oxygens (including phenoxy) is 1. The maximum atomic E-state index is 12.4. The van der Waals surface area contributed by atoms with E-state index in [1.165, 1.54) is 0 Å². The molecule has 2 aromatic rings. The molecular formula is C23H29NO4S. The van der Waals surface area contributed by atoms with Crippen LogP contribution in [-0.4, -0.2) is 33.1 Å². The normalized spacial score (nSPS) is 16.4. The first kappa shape index (κ1) is 21.5. The van der Waals surface area contributed by atoms with Gasteiger partial charge in [-0.05, 0) is 64.3 Å². The first-order valence-corrected chi connectivity index (χ1v) is 11.2. The Morgan fingerprint density at radius 3 is 2.38 bits per heavy atom. The lowest BCUT2D eigenvalue weighted by molar-refractivity contribution is 0.263. The van der Waals surface area contributed by atoms with Crippen LogP contribution in [0.2, 0.25) is 0 Å². The molecule has 0 N–H and O–H groups in total. The van der Waals surface area contributed by atoms with Crippen molar-refractivity contribution in [2.45, 2.75) is 56.9 Å². The molecule has 0 fully saturated rings. The van der Waals surface area contributed by atoms with Gasteiger partial charge in [0.2, 0.25) is 0 Å². The zero-order chi connectivity index (χ0) is 21.3. The molecule has 156 valence electrons. The van der Waals surface area contributed by atoms with Crippen LogP contribution in [0.1, 0.15) is 44.4 Å². The SMILES string of the molecule is Cc1ccc(S(=O)(=O)OCCc2ccccc2C(C)(C)C2=NC(C)(C)CO2)cc1. The van der Waals surface area contributed by atoms with Crippen LogP contribution in [0, 0.1) is 6.92 Å². The number of hydrogen-bond acceptors (Lipinski definition) is 5. The Kier molecular flexibility index (Phi) is 5.88. The van der Waals surface area contributed by atoms with Crippen molar-refractivity contribution >= 4 is 16.0 Å². The average Bonchev–Trinajstić information content (AvgIpc) is 3.03. The van der Waals surface area contributed by atoms with Crippen LogP contribution < -0.4 is 0 Å². The number of hydrogen-bond donors (Lipinski definition) is 0. The fourth-order valence-corrected chi connectivity index (χ4v) is 4.31. The zero-order valence-corrected chi connectivity index (χ0v) is 18.5. The quantitative estimate of drug-likeness (QED) is 0.628. The Bertz CT molecular complexity index is 1010. The summed E-state index contributed by atoms with van der Waals surface area (Å²) in [4.78, 5) is 4.92. The van der Waals surface area contributed by atoms with E-state index in [0.717, 1.165) is 16.7 Å². The highest BCUT2D eigenvalue weighted by Crippen LogP contribution is 2.33. The molecule has 1 aliphatic rings. The fraction of sp³-hybridized carbons (Fsp3) is 0.435. The molecule has 0 atom stereocenters. The summed E-state index contributed by atoms with van der Waals surface area (Å²) in [5, 5.41) is 0. The van der Waals surface area contributed by atoms with Crippen LogP contribution >= 0.6 is 0 Å². The molecule has 0 spiro atoms. The Hall–Kier alpha value is -2.18. The van der Waals surface area contributed by atoms with E-state index in [1.807, 2.05) is 45.0 Å². The molecule has 0 amide bonds. The molecule has 0 aliphatic carbocycles. The second-order valence-corrected chi connectivity index (χ2v) is 10.3. The van der Waals surface area contributed by atoms with Crippen LogP contribution in [0.3, 0.4) is 0 Å². The van der Waals surface area contributed by atoms with Crippen molar-refractivity contribution in [1.82, 2.24) is 0 Å². The molecule has 1 aliphatic heterocycles. The van der Waals surface area contributed by atoms with E-state index in [0.29, 0.717) is 18.9 Å². The minimum atomic E-state index is -3.77. The summed E-state index contributed by atoms with van der Waals surface area (Å²) in [6, 6.07) is 14.6. The lowest BCUT2D eigenvalue weighted by Crippen LogP contribution is -2.30. The van der Waals surface area contributed by atoms with Crippen molar-refractivity contribution in [3.8, 4) is 0 Å². The highest BCUT2D eigenvalue weighted by Gasteiger charge is 2.38. The van der Waals surface area contributed by atoms with Crippen molar-refractivity contribution in [1.29, 1.82) is 0 Å². The molecule has 29 heavy (non-hydrogen) atoms. The third-order valence-corrected chi connectivity index (χ3v) is 6.44. The van der Waals surface area contributed by atoms with Crippen LogP contribution in [0.15, 0.2) is 58.4 Å². The maximum Gasteiger partial charge on any atom is 0.296 e. The standard InChI is InChI=1S/C23H29NO4S/c1-17-10-12-19(13-11-17)29(25,26)28-15-14-18-8-6-7-9-20(18)23(4,5)21-24-22(2,3)16-27-21/h6-13H,14-16H2,1-5H3. The van der Waals surface area contributed by atoms with Gasteiger partial charge < -0.3 is 4.74 Å². The molecule has 6 heteroatoms. The number of nitrogens with zero attached hydrogens (tertiary/aromatic N) is 1. The molecule has 0 bridgehead atoms. The first-order chi connectivity index (χ1) is 13.5. The summed E-state index contributed by atoms with van der Waals surface area (Å²) in [6.07, 6.45) is 0.474. The smallest absolute Gasteiger partial charge is 0.296 e. The third kappa shape index (κ3) is 4.87. The molecule has 0 radical (unpaired) electrons. The van der Waals surface area contributed by atoms with Gasteiger partial charge in [-0.25, -0.2) is 4.99 Å². The Morgan fingerprint density at radius 1 is 1.10 bits per heavy atom. The highest BCUT2D eigenvalue weighted by atomic mass is 32.2. The van der Waals surface area contributed by atoms with E-state index in [1.54, 1.807) is 24.3 Å². The zero-order valence-electron chi connectivity index (χ0n) is 17.7. The summed E-state index contributed by atoms with van der Waals surface area (Å²) in [5.41, 5.74) is 2.44. The average molecular weight is 416 g/mol. The molecule has 0 unspecified atom stereocenters. The summed E-state index contributed by atoms with van der Waals surface area (Å²) >= 11 is 0. The minimum absolute atomic E-state index is 0.0716. The number of benzene rings is 2. The third-order valence-electron chi connectivity index (χ3n) is 5.11. The lowest BCUT2D eigenvalue weighted by Gasteiger charge is -2.27. The van der Waals surface area contributed by atoms with Gasteiger partial charge >= 0.3 is 0 Å². The minimum Gasteiger partial charge on any atom is -0.478 e. The van der Waals surface area contributed by atoms with Gasteiger partial charge in [0.1, 0.15) is 6.61 Å². The molecule has 3 rings (SSSR count). The lowest BCUT2D eigenvalue weighted by atomic mass is 9.80. The van der Waals surface area contributed by atoms with Gasteiger partial charge in [0.25, 0.3) is 10.1 Å². The van der Waals surface area contributed by atoms with Crippen molar-refractivity contribution in [3.05, 3.63) is 65.2 Å². The summed E-state index contributed by atoms with van der Waals surface area (Å²) in [7, 11) is -3.77. The van der Waals surface area contributed by atoms with E-state index in [-0.39, 0.29) is 17.0 Å². The maximum absolute atomic E-state index is 12.4. The summed E-state index contributed by atoms with van der Waals surface area (Å²) < 4.78 is 36.1. The summed E-state index contributed by atoms with van der Waals surface area (Å²) in [5.74, 6) is 0.711. The van der Waals surface area contributed by atoms with Crippen LogP contribution in [0.25, 0.3) is 0 Å². The fourth-order valence-electron chi connectivity index (χ4n) is 3.40. The Balaban J connectivity index is 1.75. The largest absolute Gasteiger partial charge is 0.478 e. The molecular weight excluding hydrogens is 386 g/mol. The van der Waals surface area contributed by atoms with Crippen LogP contribution in [-0.2, 0) is 30.9 Å².